The average molecular weight is 373 g/mol. The Morgan fingerprint density at radius 2 is 1.56 bits per heavy atom. The molecule has 0 heterocycles. The summed E-state index contributed by atoms with van der Waals surface area (Å²) < 4.78 is 20.9. The first-order valence-electron chi connectivity index (χ1n) is 8.28. The normalized spacial score (nSPS) is 11.3. The fourth-order valence-corrected chi connectivity index (χ4v) is 2.37. The van der Waals surface area contributed by atoms with Crippen LogP contribution in [0.5, 0.6) is 17.2 Å². The number of benzene rings is 2. The predicted molar refractivity (Wildman–Crippen MR) is 101 cm³/mol. The summed E-state index contributed by atoms with van der Waals surface area (Å²) in [7, 11) is 4.17. The van der Waals surface area contributed by atoms with Crippen LogP contribution in [-0.4, -0.2) is 39.3 Å². The molecule has 1 N–H and O–H groups in total. The second-order valence-corrected chi connectivity index (χ2v) is 5.81. The summed E-state index contributed by atoms with van der Waals surface area (Å²) in [5.74, 6) is 0.252. The first-order valence-corrected chi connectivity index (χ1v) is 8.28. The standard InChI is InChI=1S/C20H23NO6/c1-12-6-8-14(9-7-12)27-13(2)19(22)21-16-11-18(25-4)17(24-3)10-15(16)20(23)26-5/h6-11,13H,1-5H3,(H,21,22). The topological polar surface area (TPSA) is 83.1 Å². The molecule has 0 aliphatic rings. The summed E-state index contributed by atoms with van der Waals surface area (Å²) in [6.07, 6.45) is -0.786. The van der Waals surface area contributed by atoms with Crippen molar-refractivity contribution in [3.63, 3.8) is 0 Å². The van der Waals surface area contributed by atoms with Crippen LogP contribution in [0.15, 0.2) is 36.4 Å². The molecule has 0 radical (unpaired) electrons. The van der Waals surface area contributed by atoms with Gasteiger partial charge in [-0.3, -0.25) is 4.79 Å². The quantitative estimate of drug-likeness (QED) is 0.751. The molecule has 0 aliphatic carbocycles. The van der Waals surface area contributed by atoms with Gasteiger partial charge in [0.15, 0.2) is 17.6 Å². The Hall–Kier alpha value is -3.22. The molecule has 2 rings (SSSR count). The van der Waals surface area contributed by atoms with Gasteiger partial charge in [-0.1, -0.05) is 17.7 Å². The Labute approximate surface area is 158 Å². The van der Waals surface area contributed by atoms with Gasteiger partial charge >= 0.3 is 5.97 Å². The summed E-state index contributed by atoms with van der Waals surface area (Å²) in [6, 6.07) is 10.3. The summed E-state index contributed by atoms with van der Waals surface area (Å²) in [5, 5.41) is 2.68. The zero-order valence-electron chi connectivity index (χ0n) is 16.0. The van der Waals surface area contributed by atoms with E-state index in [1.807, 2.05) is 19.1 Å². The number of rotatable bonds is 7. The predicted octanol–water partition coefficient (Wildman–Crippen LogP) is 3.20. The van der Waals surface area contributed by atoms with Crippen molar-refractivity contribution < 1.29 is 28.5 Å². The van der Waals surface area contributed by atoms with Crippen LogP contribution in [0.4, 0.5) is 5.69 Å². The van der Waals surface area contributed by atoms with Crippen molar-refractivity contribution in [2.45, 2.75) is 20.0 Å². The lowest BCUT2D eigenvalue weighted by Crippen LogP contribution is -2.30. The van der Waals surface area contributed by atoms with E-state index < -0.39 is 18.0 Å². The highest BCUT2D eigenvalue weighted by Crippen LogP contribution is 2.34. The van der Waals surface area contributed by atoms with E-state index in [9.17, 15) is 9.59 Å². The van der Waals surface area contributed by atoms with Crippen molar-refractivity contribution in [2.24, 2.45) is 0 Å². The highest BCUT2D eigenvalue weighted by atomic mass is 16.5. The molecule has 0 aromatic heterocycles. The Bertz CT molecular complexity index is 816. The van der Waals surface area contributed by atoms with Gasteiger partial charge in [-0.15, -0.1) is 0 Å². The lowest BCUT2D eigenvalue weighted by Gasteiger charge is -2.18. The van der Waals surface area contributed by atoms with Crippen LogP contribution in [0, 0.1) is 6.92 Å². The summed E-state index contributed by atoms with van der Waals surface area (Å²) >= 11 is 0. The molecule has 1 unspecified atom stereocenters. The molecule has 27 heavy (non-hydrogen) atoms. The molecule has 2 aromatic carbocycles. The molecule has 0 spiro atoms. The Morgan fingerprint density at radius 1 is 0.963 bits per heavy atom. The van der Waals surface area contributed by atoms with Crippen LogP contribution < -0.4 is 19.5 Å². The van der Waals surface area contributed by atoms with Crippen molar-refractivity contribution in [1.82, 2.24) is 0 Å². The van der Waals surface area contributed by atoms with Gasteiger partial charge in [0.2, 0.25) is 0 Å². The Morgan fingerprint density at radius 3 is 2.11 bits per heavy atom. The van der Waals surface area contributed by atoms with Gasteiger partial charge in [-0.05, 0) is 26.0 Å². The summed E-state index contributed by atoms with van der Waals surface area (Å²) in [4.78, 5) is 24.6. The minimum atomic E-state index is -0.786. The number of nitrogens with one attached hydrogen (secondary N) is 1. The lowest BCUT2D eigenvalue weighted by molar-refractivity contribution is -0.122. The van der Waals surface area contributed by atoms with E-state index in [1.54, 1.807) is 19.1 Å². The van der Waals surface area contributed by atoms with Crippen molar-refractivity contribution in [2.75, 3.05) is 26.6 Å². The third-order valence-corrected chi connectivity index (χ3v) is 3.89. The third kappa shape index (κ3) is 4.91. The Kier molecular flexibility index (Phi) is 6.65. The maximum atomic E-state index is 12.5. The number of carbonyl (C=O) groups is 2. The van der Waals surface area contributed by atoms with Crippen LogP contribution in [0.2, 0.25) is 0 Å². The summed E-state index contributed by atoms with van der Waals surface area (Å²) in [5.41, 5.74) is 1.47. The van der Waals surface area contributed by atoms with Crippen molar-refractivity contribution in [1.29, 1.82) is 0 Å². The van der Waals surface area contributed by atoms with E-state index in [1.165, 1.54) is 33.5 Å². The maximum absolute atomic E-state index is 12.5. The number of carbonyl (C=O) groups excluding carboxylic acids is 2. The highest BCUT2D eigenvalue weighted by molar-refractivity contribution is 6.03. The molecule has 0 saturated carbocycles. The molecular weight excluding hydrogens is 350 g/mol. The fraction of sp³-hybridized carbons (Fsp3) is 0.300. The SMILES string of the molecule is COC(=O)c1cc(OC)c(OC)cc1NC(=O)C(C)Oc1ccc(C)cc1. The largest absolute Gasteiger partial charge is 0.493 e. The van der Waals surface area contributed by atoms with E-state index in [2.05, 4.69) is 5.32 Å². The van der Waals surface area contributed by atoms with Gasteiger partial charge in [0.1, 0.15) is 5.75 Å². The number of hydrogen-bond donors (Lipinski definition) is 1. The second kappa shape index (κ2) is 8.93. The molecular formula is C20H23NO6. The van der Waals surface area contributed by atoms with Crippen molar-refractivity contribution in [3.8, 4) is 17.2 Å². The van der Waals surface area contributed by atoms with Crippen LogP contribution >= 0.6 is 0 Å². The molecule has 144 valence electrons. The van der Waals surface area contributed by atoms with E-state index >= 15 is 0 Å². The van der Waals surface area contributed by atoms with Crippen LogP contribution in [0.3, 0.4) is 0 Å². The number of aryl methyl sites for hydroxylation is 1. The van der Waals surface area contributed by atoms with Gasteiger partial charge in [-0.2, -0.15) is 0 Å². The number of esters is 1. The number of anilines is 1. The molecule has 7 nitrogen and oxygen atoms in total. The number of methoxy groups -OCH3 is 3. The zero-order valence-corrected chi connectivity index (χ0v) is 16.0. The zero-order chi connectivity index (χ0) is 20.0. The van der Waals surface area contributed by atoms with E-state index in [-0.39, 0.29) is 11.3 Å². The van der Waals surface area contributed by atoms with E-state index in [0.29, 0.717) is 17.2 Å². The van der Waals surface area contributed by atoms with Gasteiger partial charge in [0, 0.05) is 12.1 Å². The van der Waals surface area contributed by atoms with Crippen LogP contribution in [0.1, 0.15) is 22.8 Å². The van der Waals surface area contributed by atoms with E-state index in [4.69, 9.17) is 18.9 Å². The molecule has 0 bridgehead atoms. The van der Waals surface area contributed by atoms with Crippen LogP contribution in [-0.2, 0) is 9.53 Å². The van der Waals surface area contributed by atoms with Gasteiger partial charge in [-0.25, -0.2) is 4.79 Å². The highest BCUT2D eigenvalue weighted by Gasteiger charge is 2.22. The molecule has 1 amide bonds. The third-order valence-electron chi connectivity index (χ3n) is 3.89. The lowest BCUT2D eigenvalue weighted by atomic mass is 10.1. The molecule has 0 aliphatic heterocycles. The van der Waals surface area contributed by atoms with Gasteiger partial charge in [0.25, 0.3) is 5.91 Å². The van der Waals surface area contributed by atoms with Gasteiger partial charge < -0.3 is 24.3 Å². The maximum Gasteiger partial charge on any atom is 0.340 e. The van der Waals surface area contributed by atoms with Crippen molar-refractivity contribution >= 4 is 17.6 Å². The molecule has 2 aromatic rings. The molecule has 7 heteroatoms. The number of amides is 1. The minimum Gasteiger partial charge on any atom is -0.493 e. The molecule has 0 fully saturated rings. The smallest absolute Gasteiger partial charge is 0.340 e. The summed E-state index contributed by atoms with van der Waals surface area (Å²) in [6.45, 7) is 3.58. The van der Waals surface area contributed by atoms with Crippen LogP contribution in [0.25, 0.3) is 0 Å². The molecule has 1 atom stereocenters. The number of ether oxygens (including phenoxy) is 4. The van der Waals surface area contributed by atoms with E-state index in [0.717, 1.165) is 5.56 Å². The van der Waals surface area contributed by atoms with Gasteiger partial charge in [0.05, 0.1) is 32.6 Å². The number of hydrogen-bond acceptors (Lipinski definition) is 6. The average Bonchev–Trinajstić information content (AvgIpc) is 2.68. The second-order valence-electron chi connectivity index (χ2n) is 5.81. The minimum absolute atomic E-state index is 0.144. The first kappa shape index (κ1) is 20.1. The first-order chi connectivity index (χ1) is 12.9. The Balaban J connectivity index is 2.24. The monoisotopic (exact) mass is 373 g/mol. The molecule has 0 saturated heterocycles. The van der Waals surface area contributed by atoms with Crippen molar-refractivity contribution in [3.05, 3.63) is 47.5 Å². The fourth-order valence-electron chi connectivity index (χ4n) is 2.37.